The zero-order valence-corrected chi connectivity index (χ0v) is 12.9. The average molecular weight is 360 g/mol. The molecular formula is C13H11F3N4O3S. The van der Waals surface area contributed by atoms with Crippen molar-refractivity contribution in [2.75, 3.05) is 6.61 Å². The fraction of sp³-hybridized carbons (Fsp3) is 0.385. The molecule has 1 aromatic heterocycles. The number of aromatic amines is 1. The fourth-order valence-corrected chi connectivity index (χ4v) is 3.07. The molecule has 1 aromatic carbocycles. The van der Waals surface area contributed by atoms with Gasteiger partial charge in [-0.15, -0.1) is 5.10 Å². The molecule has 0 bridgehead atoms. The van der Waals surface area contributed by atoms with Gasteiger partial charge in [0.05, 0.1) is 15.4 Å². The van der Waals surface area contributed by atoms with E-state index in [1.807, 2.05) is 0 Å². The van der Waals surface area contributed by atoms with E-state index >= 15 is 0 Å². The van der Waals surface area contributed by atoms with Crippen LogP contribution in [0.4, 0.5) is 18.9 Å². The van der Waals surface area contributed by atoms with Gasteiger partial charge < -0.3 is 4.74 Å². The van der Waals surface area contributed by atoms with Crippen molar-refractivity contribution in [3.63, 3.8) is 0 Å². The molecule has 11 heteroatoms. The highest BCUT2D eigenvalue weighted by Crippen LogP contribution is 2.38. The number of aromatic nitrogens is 3. The maximum Gasteiger partial charge on any atom is 0.416 e. The molecule has 24 heavy (non-hydrogen) atoms. The molecule has 1 aliphatic heterocycles. The standard InChI is InChI=1S/C13H11F3N4O3S/c14-13(15,16)7-3-4-10(8(6-7)20(21)22)24-12-17-11(18-19-12)9-2-1-5-23-9/h3-4,6,9H,1-2,5H2,(H,17,18,19)/t9-/m1/s1. The number of nitro groups is 1. The molecule has 0 amide bonds. The largest absolute Gasteiger partial charge is 0.416 e. The number of halogens is 3. The van der Waals surface area contributed by atoms with Crippen LogP contribution in [0.1, 0.15) is 30.3 Å². The van der Waals surface area contributed by atoms with Gasteiger partial charge in [-0.05, 0) is 36.7 Å². The molecule has 2 heterocycles. The highest BCUT2D eigenvalue weighted by Gasteiger charge is 2.33. The van der Waals surface area contributed by atoms with E-state index in [-0.39, 0.29) is 16.2 Å². The van der Waals surface area contributed by atoms with E-state index < -0.39 is 22.4 Å². The van der Waals surface area contributed by atoms with Crippen molar-refractivity contribution in [1.82, 2.24) is 15.2 Å². The molecule has 1 atom stereocenters. The molecule has 1 saturated heterocycles. The van der Waals surface area contributed by atoms with Gasteiger partial charge in [-0.2, -0.15) is 13.2 Å². The molecule has 0 radical (unpaired) electrons. The van der Waals surface area contributed by atoms with Gasteiger partial charge in [0.15, 0.2) is 5.82 Å². The molecule has 1 aliphatic rings. The van der Waals surface area contributed by atoms with Crippen molar-refractivity contribution < 1.29 is 22.8 Å². The maximum absolute atomic E-state index is 12.7. The second-order valence-electron chi connectivity index (χ2n) is 5.04. The summed E-state index contributed by atoms with van der Waals surface area (Å²) in [7, 11) is 0. The Morgan fingerprint density at radius 3 is 2.83 bits per heavy atom. The first-order valence-corrected chi connectivity index (χ1v) is 7.73. The predicted molar refractivity (Wildman–Crippen MR) is 76.5 cm³/mol. The normalized spacial score (nSPS) is 18.0. The van der Waals surface area contributed by atoms with E-state index in [0.29, 0.717) is 18.5 Å². The average Bonchev–Trinajstić information content (AvgIpc) is 3.16. The minimum Gasteiger partial charge on any atom is -0.370 e. The van der Waals surface area contributed by atoms with Crippen LogP contribution in [0.3, 0.4) is 0 Å². The van der Waals surface area contributed by atoms with Crippen molar-refractivity contribution in [2.24, 2.45) is 0 Å². The van der Waals surface area contributed by atoms with Crippen molar-refractivity contribution in [3.8, 4) is 0 Å². The second-order valence-corrected chi connectivity index (χ2v) is 6.05. The molecule has 128 valence electrons. The number of benzene rings is 1. The smallest absolute Gasteiger partial charge is 0.370 e. The van der Waals surface area contributed by atoms with Crippen LogP contribution in [0.25, 0.3) is 0 Å². The van der Waals surface area contributed by atoms with E-state index in [9.17, 15) is 23.3 Å². The Morgan fingerprint density at radius 2 is 2.21 bits per heavy atom. The van der Waals surface area contributed by atoms with Crippen molar-refractivity contribution in [2.45, 2.75) is 35.2 Å². The van der Waals surface area contributed by atoms with Crippen LogP contribution in [0.5, 0.6) is 0 Å². The predicted octanol–water partition coefficient (Wildman–Crippen LogP) is 3.73. The van der Waals surface area contributed by atoms with Crippen LogP contribution in [-0.2, 0) is 10.9 Å². The summed E-state index contributed by atoms with van der Waals surface area (Å²) in [5.74, 6) is 0.504. The summed E-state index contributed by atoms with van der Waals surface area (Å²) in [6.07, 6.45) is -3.15. The van der Waals surface area contributed by atoms with Gasteiger partial charge in [-0.25, -0.2) is 4.98 Å². The third-order valence-corrected chi connectivity index (χ3v) is 4.33. The van der Waals surface area contributed by atoms with Crippen LogP contribution >= 0.6 is 11.8 Å². The number of nitro benzene ring substituents is 1. The number of rotatable bonds is 4. The highest BCUT2D eigenvalue weighted by atomic mass is 32.2. The minimum absolute atomic E-state index is 0.0332. The van der Waals surface area contributed by atoms with E-state index in [2.05, 4.69) is 15.2 Å². The fourth-order valence-electron chi connectivity index (χ4n) is 2.26. The Kier molecular flexibility index (Phi) is 4.45. The molecule has 0 spiro atoms. The molecule has 7 nitrogen and oxygen atoms in total. The number of nitrogens with zero attached hydrogens (tertiary/aromatic N) is 3. The monoisotopic (exact) mass is 360 g/mol. The van der Waals surface area contributed by atoms with Gasteiger partial charge in [0, 0.05) is 12.7 Å². The lowest BCUT2D eigenvalue weighted by Crippen LogP contribution is -2.05. The number of alkyl halides is 3. The molecule has 2 aromatic rings. The summed E-state index contributed by atoms with van der Waals surface area (Å²) >= 11 is 0.823. The van der Waals surface area contributed by atoms with E-state index in [1.165, 1.54) is 0 Å². The Bertz CT molecular complexity index is 759. The third kappa shape index (κ3) is 3.51. The first-order valence-electron chi connectivity index (χ1n) is 6.92. The van der Waals surface area contributed by atoms with Crippen LogP contribution < -0.4 is 0 Å². The Balaban J connectivity index is 1.85. The van der Waals surface area contributed by atoms with Crippen LogP contribution in [0, 0.1) is 10.1 Å². The van der Waals surface area contributed by atoms with Gasteiger partial charge in [-0.3, -0.25) is 15.2 Å². The summed E-state index contributed by atoms with van der Waals surface area (Å²) in [6, 6.07) is 2.35. The molecule has 0 aliphatic carbocycles. The van der Waals surface area contributed by atoms with Gasteiger partial charge in [0.1, 0.15) is 6.10 Å². The topological polar surface area (TPSA) is 93.9 Å². The van der Waals surface area contributed by atoms with Gasteiger partial charge >= 0.3 is 6.18 Å². The number of hydrogen-bond acceptors (Lipinski definition) is 6. The summed E-state index contributed by atoms with van der Waals surface area (Å²) in [6.45, 7) is 0.623. The molecule has 3 rings (SSSR count). The lowest BCUT2D eigenvalue weighted by atomic mass is 10.2. The minimum atomic E-state index is -4.65. The zero-order valence-electron chi connectivity index (χ0n) is 12.0. The highest BCUT2D eigenvalue weighted by molar-refractivity contribution is 7.99. The Hall–Kier alpha value is -2.14. The van der Waals surface area contributed by atoms with Crippen LogP contribution in [0.2, 0.25) is 0 Å². The van der Waals surface area contributed by atoms with Crippen LogP contribution in [-0.4, -0.2) is 26.7 Å². The van der Waals surface area contributed by atoms with Gasteiger partial charge in [0.25, 0.3) is 5.69 Å². The Labute approximate surface area is 137 Å². The number of hydrogen-bond donors (Lipinski definition) is 1. The van der Waals surface area contributed by atoms with Crippen molar-refractivity contribution >= 4 is 17.4 Å². The molecular weight excluding hydrogens is 349 g/mol. The number of ether oxygens (including phenoxy) is 1. The van der Waals surface area contributed by atoms with Crippen molar-refractivity contribution in [3.05, 3.63) is 39.7 Å². The quantitative estimate of drug-likeness (QED) is 0.659. The number of H-pyrrole nitrogens is 1. The zero-order chi connectivity index (χ0) is 17.3. The second kappa shape index (κ2) is 6.40. The lowest BCUT2D eigenvalue weighted by molar-refractivity contribution is -0.388. The molecule has 0 unspecified atom stereocenters. The van der Waals surface area contributed by atoms with Crippen molar-refractivity contribution in [1.29, 1.82) is 0 Å². The summed E-state index contributed by atoms with van der Waals surface area (Å²) in [4.78, 5) is 14.4. The first-order chi connectivity index (χ1) is 11.3. The summed E-state index contributed by atoms with van der Waals surface area (Å²) in [5, 5.41) is 17.9. The van der Waals surface area contributed by atoms with Gasteiger partial charge in [0.2, 0.25) is 5.16 Å². The third-order valence-electron chi connectivity index (χ3n) is 3.40. The van der Waals surface area contributed by atoms with E-state index in [4.69, 9.17) is 4.74 Å². The summed E-state index contributed by atoms with van der Waals surface area (Å²) < 4.78 is 43.5. The lowest BCUT2D eigenvalue weighted by Gasteiger charge is -2.07. The molecule has 0 saturated carbocycles. The molecule has 1 fully saturated rings. The van der Waals surface area contributed by atoms with Gasteiger partial charge in [-0.1, -0.05) is 0 Å². The molecule has 1 N–H and O–H groups in total. The van der Waals surface area contributed by atoms with E-state index in [0.717, 1.165) is 36.7 Å². The number of nitrogens with one attached hydrogen (secondary N) is 1. The Morgan fingerprint density at radius 1 is 1.42 bits per heavy atom. The first kappa shape index (κ1) is 16.7. The van der Waals surface area contributed by atoms with E-state index in [1.54, 1.807) is 0 Å². The van der Waals surface area contributed by atoms with Crippen LogP contribution in [0.15, 0.2) is 28.3 Å². The SMILES string of the molecule is O=[N+]([O-])c1cc(C(F)(F)F)ccc1Sc1n[nH]c([C@H]2CCCO2)n1. The maximum atomic E-state index is 12.7. The summed E-state index contributed by atoms with van der Waals surface area (Å²) in [5.41, 5.74) is -1.72.